The lowest BCUT2D eigenvalue weighted by molar-refractivity contribution is -0.145. The summed E-state index contributed by atoms with van der Waals surface area (Å²) in [6, 6.07) is 9.89. The zero-order chi connectivity index (χ0) is 28.9. The van der Waals surface area contributed by atoms with E-state index in [1.165, 1.54) is 7.11 Å². The average molecular weight is 609 g/mol. The van der Waals surface area contributed by atoms with Crippen molar-refractivity contribution in [3.63, 3.8) is 0 Å². The number of carbonyl (C=O) groups is 4. The number of hydrogen-bond acceptors (Lipinski definition) is 7. The number of esters is 1. The molecule has 2 aromatic carbocycles. The highest BCUT2D eigenvalue weighted by atomic mass is 35.5. The number of anilines is 1. The van der Waals surface area contributed by atoms with Gasteiger partial charge in [0.25, 0.3) is 5.91 Å². The number of hydrogen-bond donors (Lipinski definition) is 2. The Morgan fingerprint density at radius 3 is 2.33 bits per heavy atom. The Bertz CT molecular complexity index is 1250. The molecule has 12 heteroatoms. The first-order valence-electron chi connectivity index (χ1n) is 13.0. The van der Waals surface area contributed by atoms with Gasteiger partial charge in [-0.25, -0.2) is 9.59 Å². The fourth-order valence-electron chi connectivity index (χ4n) is 5.13. The second kappa shape index (κ2) is 13.1. The normalized spacial score (nSPS) is 18.3. The Kier molecular flexibility index (Phi) is 9.86. The third-order valence-corrected chi connectivity index (χ3v) is 9.31. The van der Waals surface area contributed by atoms with Crippen LogP contribution in [0, 0.1) is 0 Å². The Morgan fingerprint density at radius 2 is 1.73 bits per heavy atom. The summed E-state index contributed by atoms with van der Waals surface area (Å²) in [6.07, 6.45) is 3.18. The lowest BCUT2D eigenvalue weighted by Gasteiger charge is -2.36. The van der Waals surface area contributed by atoms with Gasteiger partial charge >= 0.3 is 12.1 Å². The van der Waals surface area contributed by atoms with Gasteiger partial charge in [0, 0.05) is 17.9 Å². The van der Waals surface area contributed by atoms with Crippen molar-refractivity contribution in [2.75, 3.05) is 24.8 Å². The van der Waals surface area contributed by atoms with Crippen LogP contribution >= 0.6 is 35.0 Å². The van der Waals surface area contributed by atoms with Gasteiger partial charge in [-0.1, -0.05) is 54.2 Å². The number of thioether (sulfide) groups is 1. The van der Waals surface area contributed by atoms with Crippen molar-refractivity contribution in [2.45, 2.75) is 56.0 Å². The van der Waals surface area contributed by atoms with Gasteiger partial charge in [0.1, 0.15) is 12.1 Å². The maximum Gasteiger partial charge on any atom is 0.411 e. The van der Waals surface area contributed by atoms with E-state index in [1.807, 2.05) is 0 Å². The van der Waals surface area contributed by atoms with E-state index in [9.17, 15) is 19.2 Å². The first kappa shape index (κ1) is 30.0. The SMILES string of the molecule is CCOC(=O)N1C(C(=O)NC(Cc2ccc(NC(=O)c3c(Cl)cccc3Cl)cc2)C(=O)OC)CSC12CCCC2. The van der Waals surface area contributed by atoms with Gasteiger partial charge in [0.05, 0.1) is 34.2 Å². The van der Waals surface area contributed by atoms with Crippen LogP contribution in [0.25, 0.3) is 0 Å². The molecular formula is C28H31Cl2N3O6S. The van der Waals surface area contributed by atoms with Crippen molar-refractivity contribution in [1.82, 2.24) is 10.2 Å². The van der Waals surface area contributed by atoms with Crippen LogP contribution in [0.4, 0.5) is 10.5 Å². The number of amides is 3. The molecule has 1 saturated carbocycles. The summed E-state index contributed by atoms with van der Waals surface area (Å²) in [5.74, 6) is -1.07. The lowest BCUT2D eigenvalue weighted by Crippen LogP contribution is -2.56. The minimum Gasteiger partial charge on any atom is -0.467 e. The topological polar surface area (TPSA) is 114 Å². The molecule has 1 aliphatic carbocycles. The number of nitrogens with one attached hydrogen (secondary N) is 2. The average Bonchev–Trinajstić information content (AvgIpc) is 3.56. The molecule has 0 aromatic heterocycles. The summed E-state index contributed by atoms with van der Waals surface area (Å²) in [4.78, 5) is 52.8. The van der Waals surface area contributed by atoms with Crippen LogP contribution in [0.5, 0.6) is 0 Å². The highest BCUT2D eigenvalue weighted by Crippen LogP contribution is 2.50. The zero-order valence-corrected chi connectivity index (χ0v) is 24.5. The van der Waals surface area contributed by atoms with Crippen LogP contribution in [-0.2, 0) is 25.5 Å². The predicted molar refractivity (Wildman–Crippen MR) is 155 cm³/mol. The Morgan fingerprint density at radius 1 is 1.07 bits per heavy atom. The predicted octanol–water partition coefficient (Wildman–Crippen LogP) is 5.29. The highest BCUT2D eigenvalue weighted by Gasteiger charge is 2.54. The summed E-state index contributed by atoms with van der Waals surface area (Å²) in [6.45, 7) is 1.94. The molecule has 0 bridgehead atoms. The maximum absolute atomic E-state index is 13.4. The first-order chi connectivity index (χ1) is 19.2. The summed E-state index contributed by atoms with van der Waals surface area (Å²) >= 11 is 13.9. The van der Waals surface area contributed by atoms with E-state index in [-0.39, 0.29) is 28.6 Å². The summed E-state index contributed by atoms with van der Waals surface area (Å²) < 4.78 is 10.3. The zero-order valence-electron chi connectivity index (χ0n) is 22.2. The molecule has 2 N–H and O–H groups in total. The number of halogens is 2. The molecule has 3 amide bonds. The second-order valence-electron chi connectivity index (χ2n) is 9.59. The molecule has 4 rings (SSSR count). The van der Waals surface area contributed by atoms with Crippen molar-refractivity contribution in [1.29, 1.82) is 0 Å². The van der Waals surface area contributed by atoms with Crippen LogP contribution in [0.15, 0.2) is 42.5 Å². The summed E-state index contributed by atoms with van der Waals surface area (Å²) in [5.41, 5.74) is 1.39. The Labute approximate surface area is 247 Å². The maximum atomic E-state index is 13.4. The number of nitrogens with zero attached hydrogens (tertiary/aromatic N) is 1. The van der Waals surface area contributed by atoms with Gasteiger partial charge in [0.2, 0.25) is 5.91 Å². The molecule has 9 nitrogen and oxygen atoms in total. The van der Waals surface area contributed by atoms with E-state index in [0.717, 1.165) is 31.2 Å². The van der Waals surface area contributed by atoms with Crippen molar-refractivity contribution >= 4 is 64.5 Å². The van der Waals surface area contributed by atoms with E-state index in [2.05, 4.69) is 10.6 Å². The summed E-state index contributed by atoms with van der Waals surface area (Å²) in [7, 11) is 1.25. The van der Waals surface area contributed by atoms with E-state index in [1.54, 1.807) is 66.1 Å². The highest BCUT2D eigenvalue weighted by molar-refractivity contribution is 8.01. The van der Waals surface area contributed by atoms with Gasteiger partial charge < -0.3 is 20.1 Å². The third kappa shape index (κ3) is 6.50. The standard InChI is InChI=1S/C28H31Cl2N3O6S/c1-3-39-27(37)33-22(16-40-28(33)13-4-5-14-28)24(34)32-21(26(36)38-2)15-17-9-11-18(12-10-17)31-25(35)23-19(29)7-6-8-20(23)30/h6-12,21-22H,3-5,13-16H2,1-2H3,(H,31,35)(H,32,34). The molecule has 1 spiro atoms. The first-order valence-corrected chi connectivity index (χ1v) is 14.8. The number of benzene rings is 2. The minimum absolute atomic E-state index is 0.146. The van der Waals surface area contributed by atoms with Crippen LogP contribution in [0.1, 0.15) is 48.5 Å². The third-order valence-electron chi connectivity index (χ3n) is 7.06. The fraction of sp³-hybridized carbons (Fsp3) is 0.429. The molecule has 2 aliphatic rings. The van der Waals surface area contributed by atoms with E-state index in [4.69, 9.17) is 32.7 Å². The Balaban J connectivity index is 1.45. The van der Waals surface area contributed by atoms with E-state index < -0.39 is 40.8 Å². The van der Waals surface area contributed by atoms with Crippen molar-refractivity contribution in [2.24, 2.45) is 0 Å². The fourth-order valence-corrected chi connectivity index (χ4v) is 7.38. The van der Waals surface area contributed by atoms with Gasteiger partial charge in [-0.3, -0.25) is 14.5 Å². The molecular weight excluding hydrogens is 577 g/mol. The molecule has 2 aromatic rings. The number of methoxy groups -OCH3 is 1. The van der Waals surface area contributed by atoms with Crippen LogP contribution in [0.2, 0.25) is 10.0 Å². The van der Waals surface area contributed by atoms with Crippen molar-refractivity contribution < 1.29 is 28.7 Å². The number of rotatable bonds is 8. The molecule has 2 fully saturated rings. The molecule has 1 heterocycles. The summed E-state index contributed by atoms with van der Waals surface area (Å²) in [5, 5.41) is 6.02. The number of ether oxygens (including phenoxy) is 2. The molecule has 2 atom stereocenters. The molecule has 2 unspecified atom stereocenters. The molecule has 1 aliphatic heterocycles. The number of carbonyl (C=O) groups excluding carboxylic acids is 4. The lowest BCUT2D eigenvalue weighted by atomic mass is 10.0. The molecule has 40 heavy (non-hydrogen) atoms. The molecule has 214 valence electrons. The van der Waals surface area contributed by atoms with Crippen molar-refractivity contribution in [3.05, 3.63) is 63.6 Å². The van der Waals surface area contributed by atoms with E-state index >= 15 is 0 Å². The van der Waals surface area contributed by atoms with Gasteiger partial charge in [0.15, 0.2) is 0 Å². The van der Waals surface area contributed by atoms with Crippen LogP contribution < -0.4 is 10.6 Å². The molecule has 1 saturated heterocycles. The van der Waals surface area contributed by atoms with E-state index in [0.29, 0.717) is 11.4 Å². The second-order valence-corrected chi connectivity index (χ2v) is 11.8. The van der Waals surface area contributed by atoms with Gasteiger partial charge in [-0.05, 0) is 49.6 Å². The van der Waals surface area contributed by atoms with Crippen molar-refractivity contribution in [3.8, 4) is 0 Å². The smallest absolute Gasteiger partial charge is 0.411 e. The molecule has 0 radical (unpaired) electrons. The van der Waals surface area contributed by atoms with Crippen LogP contribution in [0.3, 0.4) is 0 Å². The van der Waals surface area contributed by atoms with Crippen LogP contribution in [-0.4, -0.2) is 65.2 Å². The quantitative estimate of drug-likeness (QED) is 0.392. The monoisotopic (exact) mass is 607 g/mol. The Hall–Kier alpha value is -2.95. The van der Waals surface area contributed by atoms with Gasteiger partial charge in [-0.15, -0.1) is 11.8 Å². The minimum atomic E-state index is -0.978. The largest absolute Gasteiger partial charge is 0.467 e. The van der Waals surface area contributed by atoms with Gasteiger partial charge in [-0.2, -0.15) is 0 Å².